The predicted molar refractivity (Wildman–Crippen MR) is 95.3 cm³/mol. The smallest absolute Gasteiger partial charge is 0.151 e. The number of nitrogens with zero attached hydrogens (tertiary/aromatic N) is 4. The van der Waals surface area contributed by atoms with E-state index in [4.69, 9.17) is 4.63 Å². The van der Waals surface area contributed by atoms with Gasteiger partial charge in [-0.15, -0.1) is 0 Å². The van der Waals surface area contributed by atoms with Gasteiger partial charge in [-0.3, -0.25) is 0 Å². The molecule has 4 rings (SSSR count). The molecule has 0 aliphatic rings. The van der Waals surface area contributed by atoms with E-state index in [1.54, 1.807) is 6.20 Å². The Kier molecular flexibility index (Phi) is 4.41. The van der Waals surface area contributed by atoms with Crippen LogP contribution in [0.3, 0.4) is 0 Å². The van der Waals surface area contributed by atoms with Gasteiger partial charge in [0.15, 0.2) is 5.82 Å². The average molecular weight is 369 g/mol. The summed E-state index contributed by atoms with van der Waals surface area (Å²) in [5, 5.41) is 15.5. The number of fused-ring (bicyclic) bond motifs is 1. The SMILES string of the molecule is Cc1c(C(C)NCc2cccc3nonc23)cnn1-c1ccc(F)cc1F. The van der Waals surface area contributed by atoms with Crippen molar-refractivity contribution < 1.29 is 13.4 Å². The third kappa shape index (κ3) is 3.19. The molecule has 0 saturated heterocycles. The van der Waals surface area contributed by atoms with E-state index >= 15 is 0 Å². The highest BCUT2D eigenvalue weighted by Crippen LogP contribution is 2.23. The van der Waals surface area contributed by atoms with Crippen LogP contribution in [-0.2, 0) is 6.54 Å². The average Bonchev–Trinajstić information content (AvgIpc) is 3.27. The van der Waals surface area contributed by atoms with Crippen LogP contribution < -0.4 is 5.32 Å². The normalized spacial score (nSPS) is 12.6. The molecular formula is C19H17F2N5O. The Bertz CT molecular complexity index is 1100. The van der Waals surface area contributed by atoms with Gasteiger partial charge in [-0.2, -0.15) is 5.10 Å². The molecule has 2 heterocycles. The summed E-state index contributed by atoms with van der Waals surface area (Å²) in [7, 11) is 0. The molecule has 0 radical (unpaired) electrons. The molecule has 8 heteroatoms. The van der Waals surface area contributed by atoms with Crippen LogP contribution in [0.15, 0.2) is 47.2 Å². The topological polar surface area (TPSA) is 68.8 Å². The first-order valence-electron chi connectivity index (χ1n) is 8.48. The van der Waals surface area contributed by atoms with Gasteiger partial charge in [-0.25, -0.2) is 18.1 Å². The summed E-state index contributed by atoms with van der Waals surface area (Å²) in [6, 6.07) is 9.09. The Balaban J connectivity index is 1.55. The molecule has 2 aromatic carbocycles. The van der Waals surface area contributed by atoms with Gasteiger partial charge < -0.3 is 5.32 Å². The molecule has 1 unspecified atom stereocenters. The molecule has 0 bridgehead atoms. The van der Waals surface area contributed by atoms with E-state index in [2.05, 4.69) is 20.7 Å². The molecule has 1 atom stereocenters. The van der Waals surface area contributed by atoms with Crippen molar-refractivity contribution in [1.29, 1.82) is 0 Å². The van der Waals surface area contributed by atoms with Crippen molar-refractivity contribution in [2.24, 2.45) is 0 Å². The van der Waals surface area contributed by atoms with Gasteiger partial charge in [0.05, 0.1) is 6.20 Å². The van der Waals surface area contributed by atoms with Crippen LogP contribution in [-0.4, -0.2) is 20.1 Å². The second kappa shape index (κ2) is 6.88. The third-order valence-electron chi connectivity index (χ3n) is 4.62. The standard InChI is InChI=1S/C19H17F2N5O/c1-11(22-9-13-4-3-5-17-19(13)25-27-24-17)15-10-23-26(12(15)2)18-7-6-14(20)8-16(18)21/h3-8,10-11,22H,9H2,1-2H3. The fourth-order valence-corrected chi connectivity index (χ4v) is 3.12. The summed E-state index contributed by atoms with van der Waals surface area (Å²) < 4.78 is 33.5. The van der Waals surface area contributed by atoms with Gasteiger partial charge in [-0.1, -0.05) is 12.1 Å². The van der Waals surface area contributed by atoms with Crippen molar-refractivity contribution >= 4 is 11.0 Å². The zero-order valence-electron chi connectivity index (χ0n) is 14.8. The van der Waals surface area contributed by atoms with Gasteiger partial charge in [0, 0.05) is 29.9 Å². The minimum absolute atomic E-state index is 0.0441. The van der Waals surface area contributed by atoms with E-state index in [9.17, 15) is 8.78 Å². The highest BCUT2D eigenvalue weighted by atomic mass is 19.1. The van der Waals surface area contributed by atoms with Crippen molar-refractivity contribution in [1.82, 2.24) is 25.4 Å². The summed E-state index contributed by atoms with van der Waals surface area (Å²) in [6.07, 6.45) is 1.69. The van der Waals surface area contributed by atoms with Crippen LogP contribution in [0.1, 0.15) is 29.8 Å². The molecule has 0 amide bonds. The van der Waals surface area contributed by atoms with Crippen LogP contribution in [0.25, 0.3) is 16.7 Å². The first-order valence-corrected chi connectivity index (χ1v) is 8.48. The molecule has 6 nitrogen and oxygen atoms in total. The van der Waals surface area contributed by atoms with E-state index in [0.717, 1.165) is 28.4 Å². The largest absolute Gasteiger partial charge is 0.306 e. The molecule has 0 spiro atoms. The molecule has 0 aliphatic heterocycles. The van der Waals surface area contributed by atoms with Crippen molar-refractivity contribution in [3.05, 3.63) is 71.1 Å². The van der Waals surface area contributed by atoms with Gasteiger partial charge in [0.1, 0.15) is 22.5 Å². The summed E-state index contributed by atoms with van der Waals surface area (Å²) >= 11 is 0. The molecule has 0 aliphatic carbocycles. The summed E-state index contributed by atoms with van der Waals surface area (Å²) in [4.78, 5) is 0. The van der Waals surface area contributed by atoms with Crippen molar-refractivity contribution in [3.8, 4) is 5.69 Å². The lowest BCUT2D eigenvalue weighted by Crippen LogP contribution is -2.19. The first-order chi connectivity index (χ1) is 13.0. The zero-order valence-corrected chi connectivity index (χ0v) is 14.8. The fourth-order valence-electron chi connectivity index (χ4n) is 3.12. The van der Waals surface area contributed by atoms with Gasteiger partial charge >= 0.3 is 0 Å². The molecule has 0 saturated carbocycles. The maximum absolute atomic E-state index is 14.1. The maximum atomic E-state index is 14.1. The zero-order chi connectivity index (χ0) is 19.0. The number of aromatic nitrogens is 4. The van der Waals surface area contributed by atoms with Gasteiger partial charge in [0.2, 0.25) is 0 Å². The lowest BCUT2D eigenvalue weighted by Gasteiger charge is -2.14. The number of halogens is 2. The third-order valence-corrected chi connectivity index (χ3v) is 4.62. The molecule has 0 fully saturated rings. The molecular weight excluding hydrogens is 352 g/mol. The summed E-state index contributed by atoms with van der Waals surface area (Å²) in [5.74, 6) is -1.27. The number of benzene rings is 2. The molecule has 27 heavy (non-hydrogen) atoms. The molecule has 138 valence electrons. The highest BCUT2D eigenvalue weighted by Gasteiger charge is 2.17. The van der Waals surface area contributed by atoms with Crippen LogP contribution >= 0.6 is 0 Å². The monoisotopic (exact) mass is 369 g/mol. The summed E-state index contributed by atoms with van der Waals surface area (Å²) in [5.41, 5.74) is 4.31. The van der Waals surface area contributed by atoms with Gasteiger partial charge in [-0.05, 0) is 47.9 Å². The van der Waals surface area contributed by atoms with E-state index in [1.165, 1.54) is 16.8 Å². The second-order valence-corrected chi connectivity index (χ2v) is 6.34. The van der Waals surface area contributed by atoms with Crippen molar-refractivity contribution in [2.45, 2.75) is 26.4 Å². The van der Waals surface area contributed by atoms with Crippen LogP contribution in [0.5, 0.6) is 0 Å². The Morgan fingerprint density at radius 2 is 2.04 bits per heavy atom. The Morgan fingerprint density at radius 3 is 2.85 bits per heavy atom. The number of hydrogen-bond donors (Lipinski definition) is 1. The Labute approximate surface area is 153 Å². The van der Waals surface area contributed by atoms with Crippen LogP contribution in [0.4, 0.5) is 8.78 Å². The van der Waals surface area contributed by atoms with E-state index in [0.29, 0.717) is 12.1 Å². The Hall–Kier alpha value is -3.13. The van der Waals surface area contributed by atoms with Crippen LogP contribution in [0, 0.1) is 18.6 Å². The van der Waals surface area contributed by atoms with Crippen LogP contribution in [0.2, 0.25) is 0 Å². The summed E-state index contributed by atoms with van der Waals surface area (Å²) in [6.45, 7) is 4.41. The number of hydrogen-bond acceptors (Lipinski definition) is 5. The lowest BCUT2D eigenvalue weighted by molar-refractivity contribution is 0.315. The lowest BCUT2D eigenvalue weighted by atomic mass is 10.1. The molecule has 1 N–H and O–H groups in total. The highest BCUT2D eigenvalue weighted by molar-refractivity contribution is 5.76. The molecule has 4 aromatic rings. The Morgan fingerprint density at radius 1 is 1.19 bits per heavy atom. The quantitative estimate of drug-likeness (QED) is 0.579. The second-order valence-electron chi connectivity index (χ2n) is 6.34. The van der Waals surface area contributed by atoms with Gasteiger partial charge in [0.25, 0.3) is 0 Å². The van der Waals surface area contributed by atoms with Crippen molar-refractivity contribution in [2.75, 3.05) is 0 Å². The minimum Gasteiger partial charge on any atom is -0.306 e. The fraction of sp³-hybridized carbons (Fsp3) is 0.211. The van der Waals surface area contributed by atoms with Crippen molar-refractivity contribution in [3.63, 3.8) is 0 Å². The van der Waals surface area contributed by atoms with E-state index < -0.39 is 11.6 Å². The maximum Gasteiger partial charge on any atom is 0.151 e. The number of rotatable bonds is 5. The van der Waals surface area contributed by atoms with E-state index in [-0.39, 0.29) is 11.7 Å². The minimum atomic E-state index is -0.654. The number of nitrogens with one attached hydrogen (secondary N) is 1. The molecule has 2 aromatic heterocycles. The predicted octanol–water partition coefficient (Wildman–Crippen LogP) is 3.85. The van der Waals surface area contributed by atoms with E-state index in [1.807, 2.05) is 32.0 Å². The first kappa shape index (κ1) is 17.3.